The lowest BCUT2D eigenvalue weighted by molar-refractivity contribution is 0.102. The Balaban J connectivity index is 1.82. The molecule has 15 heavy (non-hydrogen) atoms. The first kappa shape index (κ1) is 10.7. The summed E-state index contributed by atoms with van der Waals surface area (Å²) in [5.74, 6) is 0.713. The summed E-state index contributed by atoms with van der Waals surface area (Å²) < 4.78 is 0. The van der Waals surface area contributed by atoms with Gasteiger partial charge in [-0.2, -0.15) is 0 Å². The SMILES string of the molecule is O=C(CSC1NCCN1)c1ccccc1. The number of carbonyl (C=O) groups is 1. The summed E-state index contributed by atoms with van der Waals surface area (Å²) in [6.07, 6.45) is 0. The van der Waals surface area contributed by atoms with Crippen molar-refractivity contribution < 1.29 is 4.79 Å². The smallest absolute Gasteiger partial charge is 0.172 e. The van der Waals surface area contributed by atoms with Gasteiger partial charge in [0.1, 0.15) is 5.50 Å². The van der Waals surface area contributed by atoms with Gasteiger partial charge in [0.25, 0.3) is 0 Å². The van der Waals surface area contributed by atoms with Crippen molar-refractivity contribution in [1.29, 1.82) is 0 Å². The predicted octanol–water partition coefficient (Wildman–Crippen LogP) is 1.08. The van der Waals surface area contributed by atoms with Crippen LogP contribution >= 0.6 is 11.8 Å². The summed E-state index contributed by atoms with van der Waals surface area (Å²) >= 11 is 1.62. The van der Waals surface area contributed by atoms with Crippen LogP contribution in [0.1, 0.15) is 10.4 Å². The van der Waals surface area contributed by atoms with E-state index in [0.29, 0.717) is 5.75 Å². The molecular weight excluding hydrogens is 208 g/mol. The summed E-state index contributed by atoms with van der Waals surface area (Å²) in [4.78, 5) is 11.7. The first-order valence-corrected chi connectivity index (χ1v) is 6.08. The van der Waals surface area contributed by atoms with Crippen molar-refractivity contribution in [3.05, 3.63) is 35.9 Å². The molecule has 2 N–H and O–H groups in total. The van der Waals surface area contributed by atoms with Crippen LogP contribution in [0.3, 0.4) is 0 Å². The molecule has 0 amide bonds. The van der Waals surface area contributed by atoms with Gasteiger partial charge in [0, 0.05) is 18.7 Å². The van der Waals surface area contributed by atoms with Crippen molar-refractivity contribution in [2.45, 2.75) is 5.50 Å². The first-order valence-electron chi connectivity index (χ1n) is 5.03. The van der Waals surface area contributed by atoms with Crippen LogP contribution in [0.15, 0.2) is 30.3 Å². The third-order valence-corrected chi connectivity index (χ3v) is 3.36. The molecule has 1 aromatic rings. The number of hydrogen-bond donors (Lipinski definition) is 2. The standard InChI is InChI=1S/C11H14N2OS/c14-10(9-4-2-1-3-5-9)8-15-11-12-6-7-13-11/h1-5,11-13H,6-8H2. The van der Waals surface area contributed by atoms with Crippen LogP contribution in [-0.4, -0.2) is 30.1 Å². The molecule has 0 spiro atoms. The number of nitrogens with one attached hydrogen (secondary N) is 2. The Hall–Kier alpha value is -0.840. The van der Waals surface area contributed by atoms with E-state index in [2.05, 4.69) is 10.6 Å². The summed E-state index contributed by atoms with van der Waals surface area (Å²) in [5, 5.41) is 6.53. The van der Waals surface area contributed by atoms with E-state index in [9.17, 15) is 4.79 Å². The molecule has 0 radical (unpaired) electrons. The highest BCUT2D eigenvalue weighted by Gasteiger charge is 2.15. The van der Waals surface area contributed by atoms with Gasteiger partial charge in [-0.25, -0.2) is 0 Å². The maximum absolute atomic E-state index is 11.7. The van der Waals surface area contributed by atoms with Gasteiger partial charge in [-0.1, -0.05) is 30.3 Å². The average Bonchev–Trinajstić information content (AvgIpc) is 2.80. The monoisotopic (exact) mass is 222 g/mol. The van der Waals surface area contributed by atoms with Crippen LogP contribution in [0.4, 0.5) is 0 Å². The molecule has 1 aliphatic heterocycles. The van der Waals surface area contributed by atoms with Crippen molar-refractivity contribution >= 4 is 17.5 Å². The van der Waals surface area contributed by atoms with E-state index >= 15 is 0 Å². The van der Waals surface area contributed by atoms with Gasteiger partial charge in [-0.15, -0.1) is 11.8 Å². The first-order chi connectivity index (χ1) is 7.36. The second kappa shape index (κ2) is 5.30. The molecule has 3 nitrogen and oxygen atoms in total. The van der Waals surface area contributed by atoms with Crippen LogP contribution in [0.25, 0.3) is 0 Å². The van der Waals surface area contributed by atoms with E-state index < -0.39 is 0 Å². The Morgan fingerprint density at radius 2 is 1.93 bits per heavy atom. The molecule has 0 aromatic heterocycles. The molecule has 1 heterocycles. The summed E-state index contributed by atoms with van der Waals surface area (Å²) in [5.41, 5.74) is 1.03. The normalized spacial score (nSPS) is 16.8. The van der Waals surface area contributed by atoms with Crippen molar-refractivity contribution in [2.24, 2.45) is 0 Å². The van der Waals surface area contributed by atoms with Crippen molar-refractivity contribution in [3.8, 4) is 0 Å². The number of benzene rings is 1. The fraction of sp³-hybridized carbons (Fsp3) is 0.364. The Bertz CT molecular complexity index is 323. The maximum Gasteiger partial charge on any atom is 0.172 e. The fourth-order valence-electron chi connectivity index (χ4n) is 1.46. The minimum atomic E-state index is 0.191. The van der Waals surface area contributed by atoms with Crippen molar-refractivity contribution in [2.75, 3.05) is 18.8 Å². The molecule has 0 aliphatic carbocycles. The number of thioether (sulfide) groups is 1. The second-order valence-electron chi connectivity index (χ2n) is 3.39. The Kier molecular flexibility index (Phi) is 3.77. The van der Waals surface area contributed by atoms with Crippen LogP contribution in [0, 0.1) is 0 Å². The van der Waals surface area contributed by atoms with Gasteiger partial charge in [0.15, 0.2) is 5.78 Å². The zero-order valence-electron chi connectivity index (χ0n) is 8.40. The zero-order valence-corrected chi connectivity index (χ0v) is 9.22. The Labute approximate surface area is 93.6 Å². The highest BCUT2D eigenvalue weighted by Crippen LogP contribution is 2.11. The maximum atomic E-state index is 11.7. The molecule has 1 fully saturated rings. The lowest BCUT2D eigenvalue weighted by atomic mass is 10.2. The second-order valence-corrected chi connectivity index (χ2v) is 4.48. The number of ketones is 1. The van der Waals surface area contributed by atoms with Crippen LogP contribution in [-0.2, 0) is 0 Å². The number of carbonyl (C=O) groups excluding carboxylic acids is 1. The van der Waals surface area contributed by atoms with E-state index in [1.165, 1.54) is 0 Å². The van der Waals surface area contributed by atoms with Crippen LogP contribution < -0.4 is 10.6 Å². The van der Waals surface area contributed by atoms with Gasteiger partial charge in [-0.05, 0) is 0 Å². The molecule has 1 aliphatic rings. The quantitative estimate of drug-likeness (QED) is 0.748. The summed E-state index contributed by atoms with van der Waals surface area (Å²) in [6.45, 7) is 1.97. The molecule has 2 rings (SSSR count). The number of Topliss-reactive ketones (excluding diaryl/α,β-unsaturated/α-hetero) is 1. The molecule has 4 heteroatoms. The third-order valence-electron chi connectivity index (χ3n) is 2.26. The Morgan fingerprint density at radius 3 is 2.60 bits per heavy atom. The molecular formula is C11H14N2OS. The topological polar surface area (TPSA) is 41.1 Å². The van der Waals surface area contributed by atoms with Crippen molar-refractivity contribution in [3.63, 3.8) is 0 Å². The summed E-state index contributed by atoms with van der Waals surface area (Å²) in [6, 6.07) is 9.43. The van der Waals surface area contributed by atoms with Crippen molar-refractivity contribution in [1.82, 2.24) is 10.6 Å². The molecule has 0 unspecified atom stereocenters. The number of hydrogen-bond acceptors (Lipinski definition) is 4. The van der Waals surface area contributed by atoms with Gasteiger partial charge < -0.3 is 0 Å². The lowest BCUT2D eigenvalue weighted by Crippen LogP contribution is -2.28. The summed E-state index contributed by atoms with van der Waals surface area (Å²) in [7, 11) is 0. The van der Waals surface area contributed by atoms with Gasteiger partial charge in [0.2, 0.25) is 0 Å². The zero-order chi connectivity index (χ0) is 10.5. The third kappa shape index (κ3) is 3.06. The fourth-order valence-corrected chi connectivity index (χ4v) is 2.42. The minimum absolute atomic E-state index is 0.191. The van der Waals surface area contributed by atoms with Crippen LogP contribution in [0.2, 0.25) is 0 Å². The molecule has 0 saturated carbocycles. The average molecular weight is 222 g/mol. The van der Waals surface area contributed by atoms with Gasteiger partial charge >= 0.3 is 0 Å². The highest BCUT2D eigenvalue weighted by atomic mass is 32.2. The van der Waals surface area contributed by atoms with E-state index in [-0.39, 0.29) is 11.3 Å². The minimum Gasteiger partial charge on any atom is -0.293 e. The molecule has 0 bridgehead atoms. The van der Waals surface area contributed by atoms with Gasteiger partial charge in [0.05, 0.1) is 5.75 Å². The van der Waals surface area contributed by atoms with E-state index in [0.717, 1.165) is 18.7 Å². The number of rotatable bonds is 4. The largest absolute Gasteiger partial charge is 0.293 e. The van der Waals surface area contributed by atoms with E-state index in [1.54, 1.807) is 11.8 Å². The van der Waals surface area contributed by atoms with Gasteiger partial charge in [-0.3, -0.25) is 15.4 Å². The lowest BCUT2D eigenvalue weighted by Gasteiger charge is -2.09. The van der Waals surface area contributed by atoms with Crippen LogP contribution in [0.5, 0.6) is 0 Å². The predicted molar refractivity (Wildman–Crippen MR) is 63.0 cm³/mol. The van der Waals surface area contributed by atoms with E-state index in [1.807, 2.05) is 30.3 Å². The molecule has 80 valence electrons. The molecule has 1 aromatic carbocycles. The highest BCUT2D eigenvalue weighted by molar-refractivity contribution is 8.00. The molecule has 0 atom stereocenters. The molecule has 1 saturated heterocycles. The van der Waals surface area contributed by atoms with E-state index in [4.69, 9.17) is 0 Å². The Morgan fingerprint density at radius 1 is 1.27 bits per heavy atom.